The van der Waals surface area contributed by atoms with Crippen LogP contribution in [0.15, 0.2) is 23.3 Å². The molecule has 1 atom stereocenters. The number of hydrogen-bond donors (Lipinski definition) is 0. The van der Waals surface area contributed by atoms with Gasteiger partial charge in [-0.1, -0.05) is 30.2 Å². The smallest absolute Gasteiger partial charge is 0.130 e. The van der Waals surface area contributed by atoms with Gasteiger partial charge < -0.3 is 4.79 Å². The molecule has 0 fully saturated rings. The zero-order valence-electron chi connectivity index (χ0n) is 11.5. The lowest BCUT2D eigenvalue weighted by atomic mass is 9.95. The summed E-state index contributed by atoms with van der Waals surface area (Å²) in [6.45, 7) is 10.4. The second-order valence-corrected chi connectivity index (χ2v) is 4.95. The monoisotopic (exact) mass is 222 g/mol. The number of allylic oxidation sites excluding steroid dienone is 4. The van der Waals surface area contributed by atoms with Crippen molar-refractivity contribution in [2.45, 2.75) is 60.3 Å². The molecule has 0 rings (SSSR count). The highest BCUT2D eigenvalue weighted by molar-refractivity contribution is 5.75. The molecule has 1 unspecified atom stereocenters. The fourth-order valence-corrected chi connectivity index (χ4v) is 1.55. The molecule has 0 saturated heterocycles. The van der Waals surface area contributed by atoms with Gasteiger partial charge in [-0.3, -0.25) is 0 Å². The summed E-state index contributed by atoms with van der Waals surface area (Å²) in [5.74, 6) is 0.906. The van der Waals surface area contributed by atoms with Crippen LogP contribution in [0.5, 0.6) is 0 Å². The fourth-order valence-electron chi connectivity index (χ4n) is 1.55. The molecule has 0 saturated carbocycles. The fraction of sp³-hybridized carbons (Fsp3) is 0.667. The van der Waals surface area contributed by atoms with Crippen molar-refractivity contribution in [2.24, 2.45) is 5.92 Å². The molecule has 92 valence electrons. The van der Waals surface area contributed by atoms with Crippen LogP contribution in [0, 0.1) is 5.92 Å². The maximum Gasteiger partial charge on any atom is 0.130 e. The highest BCUT2D eigenvalue weighted by Crippen LogP contribution is 2.17. The van der Waals surface area contributed by atoms with Crippen LogP contribution >= 0.6 is 0 Å². The molecule has 0 aromatic rings. The normalized spacial score (nSPS) is 13.4. The summed E-state index contributed by atoms with van der Waals surface area (Å²) in [5, 5.41) is 0. The van der Waals surface area contributed by atoms with E-state index in [0.29, 0.717) is 12.3 Å². The Bertz CT molecular complexity index is 267. The minimum atomic E-state index is 0.279. The standard InChI is InChI=1S/C15H26O/c1-12(2)8-6-9-13(3)14(4)10-7-11-15(5)16/h8,10,13H,6-7,9,11H2,1-5H3/b14-10+. The minimum absolute atomic E-state index is 0.279. The van der Waals surface area contributed by atoms with Gasteiger partial charge in [-0.05, 0) is 52.9 Å². The Kier molecular flexibility index (Phi) is 7.88. The van der Waals surface area contributed by atoms with Crippen LogP contribution in [0.1, 0.15) is 60.3 Å². The first-order valence-electron chi connectivity index (χ1n) is 6.23. The molecule has 1 nitrogen and oxygen atoms in total. The van der Waals surface area contributed by atoms with E-state index in [-0.39, 0.29) is 5.78 Å². The van der Waals surface area contributed by atoms with E-state index in [1.165, 1.54) is 17.6 Å². The molecule has 0 aromatic heterocycles. The summed E-state index contributed by atoms with van der Waals surface area (Å²) in [6.07, 6.45) is 8.44. The van der Waals surface area contributed by atoms with E-state index >= 15 is 0 Å². The molecular formula is C15H26O. The summed E-state index contributed by atoms with van der Waals surface area (Å²) in [7, 11) is 0. The largest absolute Gasteiger partial charge is 0.300 e. The van der Waals surface area contributed by atoms with Gasteiger partial charge in [-0.25, -0.2) is 0 Å². The van der Waals surface area contributed by atoms with Crippen molar-refractivity contribution < 1.29 is 4.79 Å². The van der Waals surface area contributed by atoms with Crippen LogP contribution < -0.4 is 0 Å². The molecule has 0 radical (unpaired) electrons. The molecule has 16 heavy (non-hydrogen) atoms. The summed E-state index contributed by atoms with van der Waals surface area (Å²) >= 11 is 0. The van der Waals surface area contributed by atoms with Crippen LogP contribution in [0.4, 0.5) is 0 Å². The summed E-state index contributed by atoms with van der Waals surface area (Å²) in [4.78, 5) is 10.8. The van der Waals surface area contributed by atoms with Gasteiger partial charge >= 0.3 is 0 Å². The minimum Gasteiger partial charge on any atom is -0.300 e. The maximum absolute atomic E-state index is 10.8. The average Bonchev–Trinajstić information content (AvgIpc) is 2.16. The topological polar surface area (TPSA) is 17.1 Å². The van der Waals surface area contributed by atoms with Gasteiger partial charge in [0.05, 0.1) is 0 Å². The van der Waals surface area contributed by atoms with E-state index in [1.807, 2.05) is 0 Å². The van der Waals surface area contributed by atoms with Gasteiger partial charge in [0, 0.05) is 6.42 Å². The molecule has 0 amide bonds. The number of ketones is 1. The maximum atomic E-state index is 10.8. The van der Waals surface area contributed by atoms with Crippen LogP contribution in [-0.2, 0) is 4.79 Å². The SMILES string of the molecule is CC(=O)CC/C=C(\C)C(C)CCC=C(C)C. The predicted molar refractivity (Wildman–Crippen MR) is 71.5 cm³/mol. The van der Waals surface area contributed by atoms with Gasteiger partial charge in [-0.15, -0.1) is 0 Å². The van der Waals surface area contributed by atoms with Gasteiger partial charge in [0.15, 0.2) is 0 Å². The van der Waals surface area contributed by atoms with Crippen molar-refractivity contribution in [3.05, 3.63) is 23.3 Å². The van der Waals surface area contributed by atoms with Crippen molar-refractivity contribution in [1.29, 1.82) is 0 Å². The van der Waals surface area contributed by atoms with E-state index in [9.17, 15) is 4.79 Å². The predicted octanol–water partition coefficient (Wildman–Crippen LogP) is 4.68. The van der Waals surface area contributed by atoms with Crippen LogP contribution in [0.25, 0.3) is 0 Å². The highest BCUT2D eigenvalue weighted by Gasteiger charge is 2.02. The Morgan fingerprint density at radius 2 is 1.69 bits per heavy atom. The molecular weight excluding hydrogens is 196 g/mol. The third kappa shape index (κ3) is 8.46. The van der Waals surface area contributed by atoms with Crippen molar-refractivity contribution in [3.63, 3.8) is 0 Å². The lowest BCUT2D eigenvalue weighted by molar-refractivity contribution is -0.116. The highest BCUT2D eigenvalue weighted by atomic mass is 16.1. The van der Waals surface area contributed by atoms with E-state index in [1.54, 1.807) is 6.92 Å². The van der Waals surface area contributed by atoms with E-state index in [0.717, 1.165) is 12.8 Å². The van der Waals surface area contributed by atoms with Gasteiger partial charge in [0.25, 0.3) is 0 Å². The molecule has 0 heterocycles. The van der Waals surface area contributed by atoms with E-state index < -0.39 is 0 Å². The first kappa shape index (κ1) is 15.2. The van der Waals surface area contributed by atoms with E-state index in [2.05, 4.69) is 39.8 Å². The first-order valence-corrected chi connectivity index (χ1v) is 6.23. The van der Waals surface area contributed by atoms with Crippen LogP contribution in [0.3, 0.4) is 0 Å². The molecule has 0 N–H and O–H groups in total. The molecule has 1 heteroatoms. The number of carbonyl (C=O) groups excluding carboxylic acids is 1. The number of rotatable bonds is 7. The molecule has 0 aliphatic rings. The zero-order valence-corrected chi connectivity index (χ0v) is 11.5. The van der Waals surface area contributed by atoms with Crippen LogP contribution in [0.2, 0.25) is 0 Å². The summed E-state index contributed by atoms with van der Waals surface area (Å²) < 4.78 is 0. The van der Waals surface area contributed by atoms with Gasteiger partial charge in [0.2, 0.25) is 0 Å². The molecule has 0 bridgehead atoms. The number of Topliss-reactive ketones (excluding diaryl/α,β-unsaturated/α-hetero) is 1. The number of carbonyl (C=O) groups is 1. The Hall–Kier alpha value is -0.850. The van der Waals surface area contributed by atoms with Crippen LogP contribution in [-0.4, -0.2) is 5.78 Å². The lowest BCUT2D eigenvalue weighted by Gasteiger charge is -2.11. The molecule has 0 aromatic carbocycles. The second-order valence-electron chi connectivity index (χ2n) is 4.95. The molecule has 0 spiro atoms. The van der Waals surface area contributed by atoms with Crippen molar-refractivity contribution in [1.82, 2.24) is 0 Å². The Labute approximate surface area is 101 Å². The third-order valence-corrected chi connectivity index (χ3v) is 2.89. The Morgan fingerprint density at radius 3 is 2.19 bits per heavy atom. The van der Waals surface area contributed by atoms with Crippen molar-refractivity contribution in [3.8, 4) is 0 Å². The Morgan fingerprint density at radius 1 is 1.06 bits per heavy atom. The van der Waals surface area contributed by atoms with Crippen molar-refractivity contribution in [2.75, 3.05) is 0 Å². The quantitative estimate of drug-likeness (QED) is 0.571. The van der Waals surface area contributed by atoms with Gasteiger partial charge in [-0.2, -0.15) is 0 Å². The molecule has 0 aliphatic heterocycles. The van der Waals surface area contributed by atoms with E-state index in [4.69, 9.17) is 0 Å². The average molecular weight is 222 g/mol. The third-order valence-electron chi connectivity index (χ3n) is 2.89. The summed E-state index contributed by atoms with van der Waals surface area (Å²) in [6, 6.07) is 0. The first-order chi connectivity index (χ1) is 7.43. The van der Waals surface area contributed by atoms with Crippen molar-refractivity contribution >= 4 is 5.78 Å². The molecule has 0 aliphatic carbocycles. The Balaban J connectivity index is 3.92. The lowest BCUT2D eigenvalue weighted by Crippen LogP contribution is -1.96. The number of hydrogen-bond acceptors (Lipinski definition) is 1. The zero-order chi connectivity index (χ0) is 12.6. The summed E-state index contributed by atoms with van der Waals surface area (Å²) in [5.41, 5.74) is 2.81. The van der Waals surface area contributed by atoms with Gasteiger partial charge in [0.1, 0.15) is 5.78 Å². The second kappa shape index (κ2) is 8.32.